The molecule has 0 aliphatic heterocycles. The van der Waals surface area contributed by atoms with Crippen LogP contribution in [-0.2, 0) is 4.74 Å². The van der Waals surface area contributed by atoms with Gasteiger partial charge in [-0.2, -0.15) is 0 Å². The third kappa shape index (κ3) is 6.56. The van der Waals surface area contributed by atoms with E-state index in [0.717, 1.165) is 6.42 Å². The number of ether oxygens (including phenoxy) is 1. The molecule has 3 N–H and O–H groups in total. The van der Waals surface area contributed by atoms with Gasteiger partial charge < -0.3 is 4.74 Å². The monoisotopic (exact) mass is 182 g/mol. The molecule has 1 unspecified atom stereocenters. The van der Waals surface area contributed by atoms with E-state index in [2.05, 4.69) is 5.43 Å². The molecular formula is C7H19ClN2O. The Morgan fingerprint density at radius 2 is 2.00 bits per heavy atom. The molecule has 0 bridgehead atoms. The van der Waals surface area contributed by atoms with Crippen LogP contribution in [0.2, 0.25) is 0 Å². The number of halogens is 1. The second-order valence-corrected chi connectivity index (χ2v) is 3.24. The van der Waals surface area contributed by atoms with E-state index < -0.39 is 0 Å². The van der Waals surface area contributed by atoms with Crippen LogP contribution in [0.15, 0.2) is 0 Å². The lowest BCUT2D eigenvalue weighted by Crippen LogP contribution is -2.39. The SMILES string of the molecule is COC(C)(C)CC(C)NN.Cl. The number of hydrogen-bond donors (Lipinski definition) is 2. The van der Waals surface area contributed by atoms with Gasteiger partial charge in [0.05, 0.1) is 5.60 Å². The predicted molar refractivity (Wildman–Crippen MR) is 49.7 cm³/mol. The summed E-state index contributed by atoms with van der Waals surface area (Å²) in [4.78, 5) is 0. The molecule has 0 aliphatic carbocycles. The van der Waals surface area contributed by atoms with Gasteiger partial charge >= 0.3 is 0 Å². The van der Waals surface area contributed by atoms with E-state index >= 15 is 0 Å². The predicted octanol–water partition coefficient (Wildman–Crippen LogP) is 1.08. The lowest BCUT2D eigenvalue weighted by atomic mass is 10.0. The van der Waals surface area contributed by atoms with Gasteiger partial charge in [0.1, 0.15) is 0 Å². The summed E-state index contributed by atoms with van der Waals surface area (Å²) in [5.41, 5.74) is 2.60. The van der Waals surface area contributed by atoms with E-state index in [4.69, 9.17) is 10.6 Å². The molecule has 0 aliphatic rings. The van der Waals surface area contributed by atoms with Gasteiger partial charge in [0, 0.05) is 13.2 Å². The highest BCUT2D eigenvalue weighted by Gasteiger charge is 2.18. The van der Waals surface area contributed by atoms with Gasteiger partial charge in [-0.15, -0.1) is 12.4 Å². The molecule has 0 saturated carbocycles. The molecule has 11 heavy (non-hydrogen) atoms. The van der Waals surface area contributed by atoms with E-state index in [9.17, 15) is 0 Å². The van der Waals surface area contributed by atoms with E-state index in [1.165, 1.54) is 0 Å². The lowest BCUT2D eigenvalue weighted by Gasteiger charge is -2.25. The molecule has 0 saturated heterocycles. The Morgan fingerprint density at radius 3 is 2.27 bits per heavy atom. The van der Waals surface area contributed by atoms with Gasteiger partial charge in [-0.05, 0) is 27.2 Å². The van der Waals surface area contributed by atoms with Crippen molar-refractivity contribution in [1.29, 1.82) is 0 Å². The summed E-state index contributed by atoms with van der Waals surface area (Å²) in [6, 6.07) is 0.301. The minimum atomic E-state index is -0.0776. The van der Waals surface area contributed by atoms with Crippen LogP contribution in [0, 0.1) is 0 Å². The van der Waals surface area contributed by atoms with Gasteiger partial charge in [-0.1, -0.05) is 0 Å². The first-order valence-corrected chi connectivity index (χ1v) is 3.53. The lowest BCUT2D eigenvalue weighted by molar-refractivity contribution is 0.00859. The Kier molecular flexibility index (Phi) is 7.21. The zero-order chi connectivity index (χ0) is 8.20. The molecule has 1 atom stereocenters. The zero-order valence-electron chi connectivity index (χ0n) is 7.68. The third-order valence-electron chi connectivity index (χ3n) is 1.63. The Bertz CT molecular complexity index is 98.4. The van der Waals surface area contributed by atoms with Crippen LogP contribution < -0.4 is 11.3 Å². The number of nitrogens with one attached hydrogen (secondary N) is 1. The minimum absolute atomic E-state index is 0. The van der Waals surface area contributed by atoms with Crippen LogP contribution in [-0.4, -0.2) is 18.8 Å². The summed E-state index contributed by atoms with van der Waals surface area (Å²) in [5.74, 6) is 5.23. The zero-order valence-corrected chi connectivity index (χ0v) is 8.49. The molecule has 0 aromatic heterocycles. The summed E-state index contributed by atoms with van der Waals surface area (Å²) in [6.45, 7) is 6.11. The number of rotatable bonds is 4. The molecule has 0 aromatic carbocycles. The van der Waals surface area contributed by atoms with E-state index in [0.29, 0.717) is 6.04 Å². The van der Waals surface area contributed by atoms with Crippen molar-refractivity contribution < 1.29 is 4.74 Å². The Morgan fingerprint density at radius 1 is 1.55 bits per heavy atom. The summed E-state index contributed by atoms with van der Waals surface area (Å²) in [5, 5.41) is 0. The van der Waals surface area contributed by atoms with Crippen LogP contribution in [0.3, 0.4) is 0 Å². The van der Waals surface area contributed by atoms with Crippen LogP contribution in [0.25, 0.3) is 0 Å². The maximum absolute atomic E-state index is 5.23. The Balaban J connectivity index is 0. The van der Waals surface area contributed by atoms with Crippen molar-refractivity contribution in [3.8, 4) is 0 Å². The highest BCUT2D eigenvalue weighted by Crippen LogP contribution is 2.14. The highest BCUT2D eigenvalue weighted by atomic mass is 35.5. The van der Waals surface area contributed by atoms with Gasteiger partial charge in [-0.25, -0.2) is 0 Å². The summed E-state index contributed by atoms with van der Waals surface area (Å²) < 4.78 is 5.21. The Hall–Kier alpha value is 0.170. The smallest absolute Gasteiger partial charge is 0.0638 e. The topological polar surface area (TPSA) is 47.3 Å². The van der Waals surface area contributed by atoms with Crippen molar-refractivity contribution in [2.75, 3.05) is 7.11 Å². The fourth-order valence-electron chi connectivity index (χ4n) is 0.880. The van der Waals surface area contributed by atoms with Crippen molar-refractivity contribution in [3.63, 3.8) is 0 Å². The van der Waals surface area contributed by atoms with Crippen LogP contribution in [0.5, 0.6) is 0 Å². The molecule has 0 fully saturated rings. The Labute approximate surface area is 75.1 Å². The second kappa shape index (κ2) is 5.77. The fourth-order valence-corrected chi connectivity index (χ4v) is 0.880. The molecule has 70 valence electrons. The molecule has 0 aromatic rings. The molecule has 0 rings (SSSR count). The van der Waals surface area contributed by atoms with Crippen molar-refractivity contribution >= 4 is 12.4 Å². The highest BCUT2D eigenvalue weighted by molar-refractivity contribution is 5.85. The minimum Gasteiger partial charge on any atom is -0.379 e. The first kappa shape index (κ1) is 13.7. The number of hydrazine groups is 1. The van der Waals surface area contributed by atoms with Crippen molar-refractivity contribution in [2.45, 2.75) is 38.8 Å². The molecule has 0 amide bonds. The van der Waals surface area contributed by atoms with Crippen molar-refractivity contribution in [1.82, 2.24) is 5.43 Å². The van der Waals surface area contributed by atoms with Crippen LogP contribution in [0.4, 0.5) is 0 Å². The molecule has 0 radical (unpaired) electrons. The average Bonchev–Trinajstić information content (AvgIpc) is 1.87. The molecule has 0 heterocycles. The normalized spacial score (nSPS) is 13.9. The maximum Gasteiger partial charge on any atom is 0.0638 e. The van der Waals surface area contributed by atoms with Gasteiger partial charge in [0.25, 0.3) is 0 Å². The maximum atomic E-state index is 5.23. The average molecular weight is 183 g/mol. The number of hydrogen-bond acceptors (Lipinski definition) is 3. The quantitative estimate of drug-likeness (QED) is 0.505. The standard InChI is InChI=1S/C7H18N2O.ClH/c1-6(9-8)5-7(2,3)10-4;/h6,9H,5,8H2,1-4H3;1H. The van der Waals surface area contributed by atoms with E-state index in [1.54, 1.807) is 7.11 Å². The fraction of sp³-hybridized carbons (Fsp3) is 1.00. The largest absolute Gasteiger partial charge is 0.379 e. The van der Waals surface area contributed by atoms with Crippen molar-refractivity contribution in [2.24, 2.45) is 5.84 Å². The number of methoxy groups -OCH3 is 1. The molecule has 0 spiro atoms. The van der Waals surface area contributed by atoms with Gasteiger partial charge in [0.2, 0.25) is 0 Å². The van der Waals surface area contributed by atoms with Crippen LogP contribution >= 0.6 is 12.4 Å². The summed E-state index contributed by atoms with van der Waals surface area (Å²) in [6.07, 6.45) is 0.917. The van der Waals surface area contributed by atoms with E-state index in [-0.39, 0.29) is 18.0 Å². The van der Waals surface area contributed by atoms with E-state index in [1.807, 2.05) is 20.8 Å². The first-order chi connectivity index (χ1) is 4.52. The second-order valence-electron chi connectivity index (χ2n) is 3.24. The summed E-state index contributed by atoms with van der Waals surface area (Å²) >= 11 is 0. The van der Waals surface area contributed by atoms with Gasteiger partial charge in [-0.3, -0.25) is 11.3 Å². The first-order valence-electron chi connectivity index (χ1n) is 3.53. The van der Waals surface area contributed by atoms with Crippen molar-refractivity contribution in [3.05, 3.63) is 0 Å². The number of nitrogens with two attached hydrogens (primary N) is 1. The molecular weight excluding hydrogens is 164 g/mol. The van der Waals surface area contributed by atoms with Gasteiger partial charge in [0.15, 0.2) is 0 Å². The summed E-state index contributed by atoms with van der Waals surface area (Å²) in [7, 11) is 1.71. The molecule has 4 heteroatoms. The molecule has 3 nitrogen and oxygen atoms in total. The third-order valence-corrected chi connectivity index (χ3v) is 1.63. The van der Waals surface area contributed by atoms with Crippen LogP contribution in [0.1, 0.15) is 27.2 Å².